The normalized spacial score (nSPS) is 12.3. The zero-order valence-electron chi connectivity index (χ0n) is 12.4. The maximum Gasteiger partial charge on any atom is 0.253 e. The van der Waals surface area contributed by atoms with Gasteiger partial charge in [0.2, 0.25) is 0 Å². The second-order valence-electron chi connectivity index (χ2n) is 4.86. The van der Waals surface area contributed by atoms with Crippen molar-refractivity contribution >= 4 is 35.5 Å². The van der Waals surface area contributed by atoms with Crippen LogP contribution in [-0.4, -0.2) is 17.4 Å². The lowest BCUT2D eigenvalue weighted by molar-refractivity contribution is -0.120. The van der Waals surface area contributed by atoms with Crippen LogP contribution in [0.15, 0.2) is 58.5 Å². The summed E-state index contributed by atoms with van der Waals surface area (Å²) in [5.41, 5.74) is 4.70. The van der Waals surface area contributed by atoms with Crippen molar-refractivity contribution in [2.24, 2.45) is 5.10 Å². The predicted octanol–water partition coefficient (Wildman–Crippen LogP) is 4.28. The van der Waals surface area contributed by atoms with Gasteiger partial charge >= 0.3 is 0 Å². The molecule has 114 valence electrons. The van der Waals surface area contributed by atoms with E-state index in [-0.39, 0.29) is 11.2 Å². The molecule has 1 amide bonds. The Morgan fingerprint density at radius 2 is 1.82 bits per heavy atom. The Morgan fingerprint density at radius 1 is 1.18 bits per heavy atom. The maximum atomic E-state index is 12.0. The van der Waals surface area contributed by atoms with Crippen LogP contribution in [0.3, 0.4) is 0 Å². The number of nitrogens with one attached hydrogen (secondary N) is 1. The van der Waals surface area contributed by atoms with Crippen LogP contribution < -0.4 is 5.43 Å². The number of halogens is 1. The summed E-state index contributed by atoms with van der Waals surface area (Å²) in [5, 5.41) is 4.43. The minimum atomic E-state index is -0.239. The van der Waals surface area contributed by atoms with E-state index in [0.717, 1.165) is 10.5 Å². The third-order valence-electron chi connectivity index (χ3n) is 2.96. The summed E-state index contributed by atoms with van der Waals surface area (Å²) in [6.45, 7) is 3.87. The predicted molar refractivity (Wildman–Crippen MR) is 93.7 cm³/mol. The first-order chi connectivity index (χ1) is 10.5. The molecule has 0 aliphatic carbocycles. The number of carbonyl (C=O) groups excluding carboxylic acids is 1. The second kappa shape index (κ2) is 8.01. The van der Waals surface area contributed by atoms with Crippen molar-refractivity contribution in [2.45, 2.75) is 24.0 Å². The average molecular weight is 333 g/mol. The van der Waals surface area contributed by atoms with Gasteiger partial charge in [-0.05, 0) is 43.7 Å². The Balaban J connectivity index is 1.85. The van der Waals surface area contributed by atoms with Crippen LogP contribution in [0.25, 0.3) is 0 Å². The first-order valence-corrected chi connectivity index (χ1v) is 8.12. The molecule has 2 aromatic rings. The summed E-state index contributed by atoms with van der Waals surface area (Å²) in [5.74, 6) is -0.136. The number of amides is 1. The maximum absolute atomic E-state index is 12.0. The first-order valence-electron chi connectivity index (χ1n) is 6.86. The number of thioether (sulfide) groups is 1. The quantitative estimate of drug-likeness (QED) is 0.504. The van der Waals surface area contributed by atoms with Crippen molar-refractivity contribution in [3.05, 3.63) is 64.7 Å². The van der Waals surface area contributed by atoms with Crippen molar-refractivity contribution in [1.82, 2.24) is 5.43 Å². The molecule has 1 atom stereocenters. The molecule has 5 heteroatoms. The minimum Gasteiger partial charge on any atom is -0.272 e. The summed E-state index contributed by atoms with van der Waals surface area (Å²) in [7, 11) is 0. The van der Waals surface area contributed by atoms with Gasteiger partial charge in [0, 0.05) is 9.92 Å². The molecular weight excluding hydrogens is 316 g/mol. The van der Waals surface area contributed by atoms with E-state index in [1.54, 1.807) is 6.21 Å². The third-order valence-corrected chi connectivity index (χ3v) is 4.33. The highest BCUT2D eigenvalue weighted by Crippen LogP contribution is 2.24. The molecule has 2 aromatic carbocycles. The molecule has 0 aliphatic heterocycles. The first kappa shape index (κ1) is 16.6. The van der Waals surface area contributed by atoms with Crippen molar-refractivity contribution in [3.63, 3.8) is 0 Å². The van der Waals surface area contributed by atoms with Gasteiger partial charge in [0.1, 0.15) is 0 Å². The molecule has 0 bridgehead atoms. The summed E-state index contributed by atoms with van der Waals surface area (Å²) in [6, 6.07) is 15.3. The molecule has 0 unspecified atom stereocenters. The lowest BCUT2D eigenvalue weighted by atomic mass is 10.2. The lowest BCUT2D eigenvalue weighted by Gasteiger charge is -2.09. The fraction of sp³-hybridized carbons (Fsp3) is 0.176. The Bertz CT molecular complexity index is 653. The van der Waals surface area contributed by atoms with E-state index in [1.807, 2.05) is 62.4 Å². The molecule has 0 fully saturated rings. The largest absolute Gasteiger partial charge is 0.272 e. The smallest absolute Gasteiger partial charge is 0.253 e. The van der Waals surface area contributed by atoms with Crippen LogP contribution in [0.4, 0.5) is 0 Å². The molecule has 22 heavy (non-hydrogen) atoms. The van der Waals surface area contributed by atoms with Crippen molar-refractivity contribution in [3.8, 4) is 0 Å². The molecule has 0 aromatic heterocycles. The van der Waals surface area contributed by atoms with Crippen LogP contribution in [-0.2, 0) is 4.79 Å². The Morgan fingerprint density at radius 3 is 2.45 bits per heavy atom. The SMILES string of the molecule is Cc1ccc(/C=N\NC(=O)[C@H](C)Sc2ccc(Cl)cc2)cc1. The van der Waals surface area contributed by atoms with E-state index in [2.05, 4.69) is 10.5 Å². The summed E-state index contributed by atoms with van der Waals surface area (Å²) < 4.78 is 0. The number of benzene rings is 2. The highest BCUT2D eigenvalue weighted by atomic mass is 35.5. The molecule has 0 saturated heterocycles. The summed E-state index contributed by atoms with van der Waals surface area (Å²) in [6.07, 6.45) is 1.64. The number of carbonyl (C=O) groups is 1. The lowest BCUT2D eigenvalue weighted by Crippen LogP contribution is -2.26. The molecule has 0 radical (unpaired) electrons. The molecular formula is C17H17ClN2OS. The van der Waals surface area contributed by atoms with Gasteiger partial charge in [-0.2, -0.15) is 5.10 Å². The Kier molecular flexibility index (Phi) is 6.04. The molecule has 1 N–H and O–H groups in total. The van der Waals surface area contributed by atoms with E-state index in [1.165, 1.54) is 17.3 Å². The molecule has 3 nitrogen and oxygen atoms in total. The van der Waals surface area contributed by atoms with E-state index in [4.69, 9.17) is 11.6 Å². The van der Waals surface area contributed by atoms with Crippen LogP contribution >= 0.6 is 23.4 Å². The van der Waals surface area contributed by atoms with Gasteiger partial charge in [0.05, 0.1) is 11.5 Å². The average Bonchev–Trinajstić information content (AvgIpc) is 2.51. The summed E-state index contributed by atoms with van der Waals surface area (Å²) >= 11 is 7.30. The van der Waals surface area contributed by atoms with Crippen LogP contribution in [0.2, 0.25) is 5.02 Å². The molecule has 0 spiro atoms. The molecule has 0 heterocycles. The molecule has 0 aliphatic rings. The number of aryl methyl sites for hydroxylation is 1. The van der Waals surface area contributed by atoms with Crippen LogP contribution in [0.1, 0.15) is 18.1 Å². The standard InChI is InChI=1S/C17H17ClN2OS/c1-12-3-5-14(6-4-12)11-19-20-17(21)13(2)22-16-9-7-15(18)8-10-16/h3-11,13H,1-2H3,(H,20,21)/b19-11-/t13-/m0/s1. The van der Waals surface area contributed by atoms with E-state index in [0.29, 0.717) is 5.02 Å². The topological polar surface area (TPSA) is 41.5 Å². The van der Waals surface area contributed by atoms with Crippen molar-refractivity contribution < 1.29 is 4.79 Å². The Hall–Kier alpha value is -1.78. The van der Waals surface area contributed by atoms with E-state index < -0.39 is 0 Å². The van der Waals surface area contributed by atoms with Crippen LogP contribution in [0.5, 0.6) is 0 Å². The molecule has 0 saturated carbocycles. The van der Waals surface area contributed by atoms with Crippen molar-refractivity contribution in [1.29, 1.82) is 0 Å². The van der Waals surface area contributed by atoms with Gasteiger partial charge in [-0.3, -0.25) is 4.79 Å². The highest BCUT2D eigenvalue weighted by molar-refractivity contribution is 8.00. The number of hydrogen-bond donors (Lipinski definition) is 1. The third kappa shape index (κ3) is 5.20. The zero-order chi connectivity index (χ0) is 15.9. The van der Waals surface area contributed by atoms with Gasteiger partial charge in [-0.1, -0.05) is 41.4 Å². The van der Waals surface area contributed by atoms with Gasteiger partial charge < -0.3 is 0 Å². The van der Waals surface area contributed by atoms with Gasteiger partial charge in [-0.25, -0.2) is 5.43 Å². The number of hydrogen-bond acceptors (Lipinski definition) is 3. The van der Waals surface area contributed by atoms with Crippen molar-refractivity contribution in [2.75, 3.05) is 0 Å². The number of nitrogens with zero attached hydrogens (tertiary/aromatic N) is 1. The Labute approximate surface area is 139 Å². The molecule has 2 rings (SSSR count). The monoisotopic (exact) mass is 332 g/mol. The van der Waals surface area contributed by atoms with Gasteiger partial charge in [0.15, 0.2) is 0 Å². The van der Waals surface area contributed by atoms with Gasteiger partial charge in [-0.15, -0.1) is 11.8 Å². The second-order valence-corrected chi connectivity index (χ2v) is 6.71. The van der Waals surface area contributed by atoms with Gasteiger partial charge in [0.25, 0.3) is 5.91 Å². The van der Waals surface area contributed by atoms with E-state index in [9.17, 15) is 4.79 Å². The fourth-order valence-electron chi connectivity index (χ4n) is 1.68. The summed E-state index contributed by atoms with van der Waals surface area (Å²) in [4.78, 5) is 13.0. The van der Waals surface area contributed by atoms with Crippen LogP contribution in [0, 0.1) is 6.92 Å². The minimum absolute atomic E-state index is 0.136. The fourth-order valence-corrected chi connectivity index (χ4v) is 2.67. The highest BCUT2D eigenvalue weighted by Gasteiger charge is 2.13. The van der Waals surface area contributed by atoms with E-state index >= 15 is 0 Å². The zero-order valence-corrected chi connectivity index (χ0v) is 14.0. The number of hydrazone groups is 1. The number of rotatable bonds is 5.